The van der Waals surface area contributed by atoms with Gasteiger partial charge in [-0.3, -0.25) is 0 Å². The second kappa shape index (κ2) is 10.9. The third kappa shape index (κ3) is 4.62. The Morgan fingerprint density at radius 2 is 1.00 bits per heavy atom. The molecule has 0 aliphatic carbocycles. The maximum Gasteiger partial charge on any atom is 0.0697 e. The average Bonchev–Trinajstić information content (AvgIpc) is 3.09. The van der Waals surface area contributed by atoms with Crippen LogP contribution in [0.1, 0.15) is 5.56 Å². The van der Waals surface area contributed by atoms with Crippen LogP contribution in [0.3, 0.4) is 0 Å². The fourth-order valence-electron chi connectivity index (χ4n) is 5.84. The molecular weight excluding hydrogens is 559 g/mol. The molecule has 0 amide bonds. The fourth-order valence-corrected chi connectivity index (χ4v) is 6.90. The molecule has 6 heteroatoms. The minimum absolute atomic E-state index is 0.664. The van der Waals surface area contributed by atoms with Crippen LogP contribution in [0.15, 0.2) is 162 Å². The van der Waals surface area contributed by atoms with Crippen molar-refractivity contribution in [3.63, 3.8) is 0 Å². The minimum atomic E-state index is 0.664. The zero-order chi connectivity index (χ0) is 29.5. The third-order valence-electron chi connectivity index (χ3n) is 7.97. The van der Waals surface area contributed by atoms with Crippen molar-refractivity contribution in [2.24, 2.45) is 5.73 Å². The molecule has 4 N–H and O–H groups in total. The number of rotatable bonds is 5. The second-order valence-electron chi connectivity index (χ2n) is 10.7. The number of benzene rings is 6. The third-order valence-corrected chi connectivity index (χ3v) is 9.10. The summed E-state index contributed by atoms with van der Waals surface area (Å²) >= 11 is 1.82. The Bertz CT molecular complexity index is 1930. The Hall–Kier alpha value is -5.59. The van der Waals surface area contributed by atoms with Crippen LogP contribution in [0.5, 0.6) is 0 Å². The van der Waals surface area contributed by atoms with E-state index in [1.807, 2.05) is 18.0 Å². The summed E-state index contributed by atoms with van der Waals surface area (Å²) in [6, 6.07) is 50.7. The van der Waals surface area contributed by atoms with Crippen LogP contribution < -0.4 is 26.2 Å². The van der Waals surface area contributed by atoms with Gasteiger partial charge in [-0.15, -0.1) is 0 Å². The molecule has 0 spiro atoms. The predicted molar refractivity (Wildman–Crippen MR) is 185 cm³/mol. The highest BCUT2D eigenvalue weighted by Gasteiger charge is 2.25. The van der Waals surface area contributed by atoms with E-state index in [-0.39, 0.29) is 0 Å². The lowest BCUT2D eigenvalue weighted by atomic mass is 10.1. The number of fused-ring (bicyclic) bond motifs is 4. The molecule has 0 saturated heterocycles. The maximum atomic E-state index is 6.54. The molecule has 6 aromatic carbocycles. The van der Waals surface area contributed by atoms with E-state index in [2.05, 4.69) is 166 Å². The van der Waals surface area contributed by atoms with Gasteiger partial charge in [0.1, 0.15) is 0 Å². The number of nitrogens with one attached hydrogen (secondary N) is 2. The summed E-state index contributed by atoms with van der Waals surface area (Å²) in [5.41, 5.74) is 18.1. The van der Waals surface area contributed by atoms with Crippen LogP contribution in [0.2, 0.25) is 0 Å². The molecule has 0 fully saturated rings. The van der Waals surface area contributed by atoms with Crippen molar-refractivity contribution in [1.82, 2.24) is 0 Å². The summed E-state index contributed by atoms with van der Waals surface area (Å²) in [6.07, 6.45) is 1.86. The number of para-hydroxylation sites is 6. The summed E-state index contributed by atoms with van der Waals surface area (Å²) in [6.45, 7) is 0. The van der Waals surface area contributed by atoms with Gasteiger partial charge in [0, 0.05) is 33.1 Å². The van der Waals surface area contributed by atoms with Crippen molar-refractivity contribution in [2.75, 3.05) is 20.4 Å². The zero-order valence-electron chi connectivity index (χ0n) is 23.8. The Kier molecular flexibility index (Phi) is 6.47. The molecule has 6 aromatic rings. The number of nitrogens with two attached hydrogens (primary N) is 1. The van der Waals surface area contributed by atoms with E-state index in [4.69, 9.17) is 5.73 Å². The standard InChI is InChI=1S/C38H29N5S/c39-30(26-17-21-28(22-18-26)42-33-11-3-1-9-31(33)41-32-10-2-4-12-34(32)42)25-40-27-19-23-29(24-20-27)43-35-13-5-7-15-37(35)44-38-16-8-6-14-36(38)43/h1-25,40-41H,39H2/b30-25-. The molecular formula is C38H29N5S. The van der Waals surface area contributed by atoms with Crippen LogP contribution >= 0.6 is 11.8 Å². The van der Waals surface area contributed by atoms with Crippen LogP contribution in [-0.2, 0) is 0 Å². The van der Waals surface area contributed by atoms with Gasteiger partial charge in [0.05, 0.1) is 39.8 Å². The maximum absolute atomic E-state index is 6.54. The van der Waals surface area contributed by atoms with Crippen molar-refractivity contribution < 1.29 is 0 Å². The lowest BCUT2D eigenvalue weighted by Gasteiger charge is -2.34. The van der Waals surface area contributed by atoms with Gasteiger partial charge < -0.3 is 26.2 Å². The normalized spacial score (nSPS) is 13.2. The SMILES string of the molecule is N/C(=C\Nc1ccc(N2c3ccccc3Sc3ccccc32)cc1)c1ccc(N2c3ccccc3Nc3ccccc32)cc1. The van der Waals surface area contributed by atoms with Gasteiger partial charge in [0.2, 0.25) is 0 Å². The second-order valence-corrected chi connectivity index (χ2v) is 11.8. The molecule has 0 radical (unpaired) electrons. The first-order valence-corrected chi connectivity index (χ1v) is 15.4. The van der Waals surface area contributed by atoms with Crippen molar-refractivity contribution in [1.29, 1.82) is 0 Å². The van der Waals surface area contributed by atoms with Crippen LogP contribution in [0.4, 0.5) is 51.2 Å². The number of nitrogens with zero attached hydrogens (tertiary/aromatic N) is 2. The lowest BCUT2D eigenvalue weighted by Crippen LogP contribution is -2.17. The van der Waals surface area contributed by atoms with Gasteiger partial charge >= 0.3 is 0 Å². The Morgan fingerprint density at radius 3 is 1.57 bits per heavy atom. The lowest BCUT2D eigenvalue weighted by molar-refractivity contribution is 1.17. The molecule has 0 unspecified atom stereocenters. The van der Waals surface area contributed by atoms with Gasteiger partial charge in [0.25, 0.3) is 0 Å². The van der Waals surface area contributed by atoms with Crippen LogP contribution in [0, 0.1) is 0 Å². The Balaban J connectivity index is 1.02. The molecule has 2 aliphatic heterocycles. The largest absolute Gasteiger partial charge is 0.397 e. The molecule has 44 heavy (non-hydrogen) atoms. The molecule has 0 atom stereocenters. The van der Waals surface area contributed by atoms with E-state index in [9.17, 15) is 0 Å². The highest BCUT2D eigenvalue weighted by atomic mass is 32.2. The molecule has 2 aliphatic rings. The molecule has 0 saturated carbocycles. The van der Waals surface area contributed by atoms with E-state index in [0.29, 0.717) is 5.70 Å². The van der Waals surface area contributed by atoms with Crippen molar-refractivity contribution in [3.8, 4) is 0 Å². The summed E-state index contributed by atoms with van der Waals surface area (Å²) in [5, 5.41) is 6.94. The van der Waals surface area contributed by atoms with E-state index >= 15 is 0 Å². The molecule has 0 aromatic heterocycles. The van der Waals surface area contributed by atoms with Gasteiger partial charge in [-0.1, -0.05) is 72.4 Å². The molecule has 212 valence electrons. The number of hydrogen-bond acceptors (Lipinski definition) is 6. The van der Waals surface area contributed by atoms with E-state index in [0.717, 1.165) is 45.4 Å². The Labute approximate surface area is 261 Å². The highest BCUT2D eigenvalue weighted by molar-refractivity contribution is 7.99. The van der Waals surface area contributed by atoms with E-state index in [1.54, 1.807) is 0 Å². The van der Waals surface area contributed by atoms with Gasteiger partial charge in [0.15, 0.2) is 0 Å². The molecule has 0 bridgehead atoms. The zero-order valence-corrected chi connectivity index (χ0v) is 24.6. The first-order valence-electron chi connectivity index (χ1n) is 14.6. The topological polar surface area (TPSA) is 56.6 Å². The van der Waals surface area contributed by atoms with E-state index < -0.39 is 0 Å². The van der Waals surface area contributed by atoms with Gasteiger partial charge in [-0.25, -0.2) is 0 Å². The number of anilines is 9. The number of hydrogen-bond donors (Lipinski definition) is 3. The first-order chi connectivity index (χ1) is 21.7. The predicted octanol–water partition coefficient (Wildman–Crippen LogP) is 10.5. The van der Waals surface area contributed by atoms with Crippen LogP contribution in [-0.4, -0.2) is 0 Å². The Morgan fingerprint density at radius 1 is 0.545 bits per heavy atom. The minimum Gasteiger partial charge on any atom is -0.397 e. The molecule has 2 heterocycles. The monoisotopic (exact) mass is 587 g/mol. The summed E-state index contributed by atoms with van der Waals surface area (Å²) < 4.78 is 0. The van der Waals surface area contributed by atoms with Crippen LogP contribution in [0.25, 0.3) is 5.70 Å². The fraction of sp³-hybridized carbons (Fsp3) is 0. The van der Waals surface area contributed by atoms with E-state index in [1.165, 1.54) is 21.2 Å². The summed E-state index contributed by atoms with van der Waals surface area (Å²) in [7, 11) is 0. The average molecular weight is 588 g/mol. The first kappa shape index (κ1) is 26.1. The summed E-state index contributed by atoms with van der Waals surface area (Å²) in [4.78, 5) is 7.11. The summed E-state index contributed by atoms with van der Waals surface area (Å²) in [5.74, 6) is 0. The van der Waals surface area contributed by atoms with Crippen molar-refractivity contribution in [3.05, 3.63) is 157 Å². The van der Waals surface area contributed by atoms with Gasteiger partial charge in [-0.05, 0) is 90.5 Å². The van der Waals surface area contributed by atoms with Gasteiger partial charge in [-0.2, -0.15) is 0 Å². The molecule has 8 rings (SSSR count). The molecule has 5 nitrogen and oxygen atoms in total. The quantitative estimate of drug-likeness (QED) is 0.186. The van der Waals surface area contributed by atoms with Crippen molar-refractivity contribution in [2.45, 2.75) is 9.79 Å². The smallest absolute Gasteiger partial charge is 0.0697 e. The highest BCUT2D eigenvalue weighted by Crippen LogP contribution is 2.51. The van der Waals surface area contributed by atoms with Crippen molar-refractivity contribution >= 4 is 68.6 Å².